The number of ether oxygens (including phenoxy) is 2. The minimum absolute atomic E-state index is 0.221. The number of aliphatic carboxylic acids is 1. The molecule has 0 saturated carbocycles. The van der Waals surface area contributed by atoms with E-state index in [1.165, 1.54) is 12.1 Å². The molecular formula is C23H18O6. The standard InChI is InChI=1S/C23H18O6/c24-21(14-22(25)23(26)27)17-7-5-10-19(13-17)28-15-16-6-4-11-20(12-16)29-18-8-2-1-3-9-18/h1-13H,14-15H2,(H,26,27). The van der Waals surface area contributed by atoms with Gasteiger partial charge in [-0.05, 0) is 42.0 Å². The summed E-state index contributed by atoms with van der Waals surface area (Å²) in [6.07, 6.45) is -0.683. The summed E-state index contributed by atoms with van der Waals surface area (Å²) < 4.78 is 11.5. The van der Waals surface area contributed by atoms with Gasteiger partial charge < -0.3 is 14.6 Å². The van der Waals surface area contributed by atoms with E-state index in [9.17, 15) is 14.4 Å². The fourth-order valence-corrected chi connectivity index (χ4v) is 2.57. The molecule has 6 heteroatoms. The zero-order chi connectivity index (χ0) is 20.6. The van der Waals surface area contributed by atoms with Crippen LogP contribution in [0.5, 0.6) is 17.2 Å². The molecule has 0 unspecified atom stereocenters. The van der Waals surface area contributed by atoms with E-state index in [4.69, 9.17) is 14.6 Å². The number of carbonyl (C=O) groups is 3. The van der Waals surface area contributed by atoms with Gasteiger partial charge >= 0.3 is 5.97 Å². The van der Waals surface area contributed by atoms with E-state index < -0.39 is 24.0 Å². The number of carboxylic acid groups (broad SMARTS) is 1. The van der Waals surface area contributed by atoms with E-state index in [1.807, 2.05) is 54.6 Å². The summed E-state index contributed by atoms with van der Waals surface area (Å²) in [5.74, 6) is -1.49. The maximum Gasteiger partial charge on any atom is 0.372 e. The van der Waals surface area contributed by atoms with Crippen molar-refractivity contribution in [1.29, 1.82) is 0 Å². The highest BCUT2D eigenvalue weighted by Crippen LogP contribution is 2.23. The first-order chi connectivity index (χ1) is 14.0. The number of carboxylic acids is 1. The molecule has 0 spiro atoms. The van der Waals surface area contributed by atoms with Crippen molar-refractivity contribution in [3.63, 3.8) is 0 Å². The van der Waals surface area contributed by atoms with Crippen LogP contribution in [0, 0.1) is 0 Å². The van der Waals surface area contributed by atoms with Gasteiger partial charge in [0.15, 0.2) is 5.78 Å². The number of para-hydroxylation sites is 1. The van der Waals surface area contributed by atoms with Crippen molar-refractivity contribution >= 4 is 17.5 Å². The molecule has 0 heterocycles. The Morgan fingerprint density at radius 3 is 2.21 bits per heavy atom. The van der Waals surface area contributed by atoms with Gasteiger partial charge in [0.05, 0.1) is 6.42 Å². The van der Waals surface area contributed by atoms with E-state index in [-0.39, 0.29) is 12.2 Å². The Balaban J connectivity index is 1.63. The van der Waals surface area contributed by atoms with Gasteiger partial charge in [-0.3, -0.25) is 9.59 Å². The zero-order valence-corrected chi connectivity index (χ0v) is 15.4. The number of carbonyl (C=O) groups excluding carboxylic acids is 2. The van der Waals surface area contributed by atoms with Crippen LogP contribution in [-0.2, 0) is 16.2 Å². The maximum absolute atomic E-state index is 12.0. The third kappa shape index (κ3) is 5.77. The average molecular weight is 390 g/mol. The Labute approximate surface area is 167 Å². The molecule has 0 radical (unpaired) electrons. The Kier molecular flexibility index (Phi) is 6.37. The van der Waals surface area contributed by atoms with Crippen LogP contribution in [0.4, 0.5) is 0 Å². The molecule has 29 heavy (non-hydrogen) atoms. The number of hydrogen-bond donors (Lipinski definition) is 1. The predicted octanol–water partition coefficient (Wildman–Crippen LogP) is 4.28. The summed E-state index contributed by atoms with van der Waals surface area (Å²) in [6.45, 7) is 0.248. The summed E-state index contributed by atoms with van der Waals surface area (Å²) in [5, 5.41) is 8.62. The lowest BCUT2D eigenvalue weighted by Gasteiger charge is -2.10. The minimum Gasteiger partial charge on any atom is -0.489 e. The lowest BCUT2D eigenvalue weighted by Crippen LogP contribution is -2.17. The van der Waals surface area contributed by atoms with Gasteiger partial charge in [0.1, 0.15) is 23.9 Å². The summed E-state index contributed by atoms with van der Waals surface area (Å²) in [6, 6.07) is 23.1. The second-order valence-electron chi connectivity index (χ2n) is 6.21. The predicted molar refractivity (Wildman–Crippen MR) is 105 cm³/mol. The first kappa shape index (κ1) is 19.8. The summed E-state index contributed by atoms with van der Waals surface area (Å²) in [7, 11) is 0. The molecule has 6 nitrogen and oxygen atoms in total. The van der Waals surface area contributed by atoms with Crippen molar-refractivity contribution in [2.45, 2.75) is 13.0 Å². The fraction of sp³-hybridized carbons (Fsp3) is 0.0870. The third-order valence-corrected chi connectivity index (χ3v) is 4.00. The summed E-state index contributed by atoms with van der Waals surface area (Å²) >= 11 is 0. The monoisotopic (exact) mass is 390 g/mol. The highest BCUT2D eigenvalue weighted by Gasteiger charge is 2.18. The van der Waals surface area contributed by atoms with Gasteiger partial charge in [0.2, 0.25) is 5.78 Å². The molecule has 0 aliphatic heterocycles. The summed E-state index contributed by atoms with van der Waals surface area (Å²) in [4.78, 5) is 33.9. The molecule has 3 aromatic rings. The molecule has 0 aliphatic carbocycles. The molecule has 3 rings (SSSR count). The molecular weight excluding hydrogens is 372 g/mol. The van der Waals surface area contributed by atoms with Crippen LogP contribution in [0.15, 0.2) is 78.9 Å². The third-order valence-electron chi connectivity index (χ3n) is 4.00. The molecule has 0 bridgehead atoms. The Morgan fingerprint density at radius 1 is 0.759 bits per heavy atom. The van der Waals surface area contributed by atoms with Gasteiger partial charge in [-0.1, -0.05) is 42.5 Å². The number of Topliss-reactive ketones (excluding diaryl/α,β-unsaturated/α-hetero) is 2. The van der Waals surface area contributed by atoms with E-state index in [2.05, 4.69) is 0 Å². The van der Waals surface area contributed by atoms with Crippen molar-refractivity contribution < 1.29 is 29.0 Å². The fourth-order valence-electron chi connectivity index (χ4n) is 2.57. The second-order valence-corrected chi connectivity index (χ2v) is 6.21. The van der Waals surface area contributed by atoms with Crippen molar-refractivity contribution in [1.82, 2.24) is 0 Å². The molecule has 3 aromatic carbocycles. The van der Waals surface area contributed by atoms with Crippen LogP contribution in [0.2, 0.25) is 0 Å². The lowest BCUT2D eigenvalue weighted by atomic mass is 10.1. The highest BCUT2D eigenvalue weighted by molar-refractivity contribution is 6.37. The van der Waals surface area contributed by atoms with E-state index in [0.29, 0.717) is 11.5 Å². The Morgan fingerprint density at radius 2 is 1.45 bits per heavy atom. The van der Waals surface area contributed by atoms with Crippen LogP contribution < -0.4 is 9.47 Å². The average Bonchev–Trinajstić information content (AvgIpc) is 2.73. The van der Waals surface area contributed by atoms with Crippen LogP contribution in [-0.4, -0.2) is 22.6 Å². The molecule has 0 fully saturated rings. The quantitative estimate of drug-likeness (QED) is 0.333. The van der Waals surface area contributed by atoms with E-state index >= 15 is 0 Å². The zero-order valence-electron chi connectivity index (χ0n) is 15.4. The molecule has 0 aromatic heterocycles. The van der Waals surface area contributed by atoms with Gasteiger partial charge in [0.25, 0.3) is 0 Å². The van der Waals surface area contributed by atoms with Gasteiger partial charge in [-0.15, -0.1) is 0 Å². The van der Waals surface area contributed by atoms with Crippen LogP contribution >= 0.6 is 0 Å². The normalized spacial score (nSPS) is 10.2. The van der Waals surface area contributed by atoms with Crippen molar-refractivity contribution in [3.05, 3.63) is 90.0 Å². The topological polar surface area (TPSA) is 89.9 Å². The SMILES string of the molecule is O=C(O)C(=O)CC(=O)c1cccc(OCc2cccc(Oc3ccccc3)c2)c1. The first-order valence-corrected chi connectivity index (χ1v) is 8.85. The van der Waals surface area contributed by atoms with Gasteiger partial charge in [0, 0.05) is 5.56 Å². The van der Waals surface area contributed by atoms with E-state index in [0.717, 1.165) is 11.3 Å². The Bertz CT molecular complexity index is 1030. The molecule has 0 amide bonds. The van der Waals surface area contributed by atoms with E-state index in [1.54, 1.807) is 12.1 Å². The number of benzene rings is 3. The van der Waals surface area contributed by atoms with Crippen LogP contribution in [0.25, 0.3) is 0 Å². The van der Waals surface area contributed by atoms with Gasteiger partial charge in [-0.25, -0.2) is 4.79 Å². The molecule has 0 saturated heterocycles. The maximum atomic E-state index is 12.0. The van der Waals surface area contributed by atoms with Crippen molar-refractivity contribution in [3.8, 4) is 17.2 Å². The van der Waals surface area contributed by atoms with Crippen molar-refractivity contribution in [2.24, 2.45) is 0 Å². The number of hydrogen-bond acceptors (Lipinski definition) is 5. The second kappa shape index (κ2) is 9.32. The van der Waals surface area contributed by atoms with Crippen LogP contribution in [0.1, 0.15) is 22.3 Å². The minimum atomic E-state index is -1.62. The molecule has 1 N–H and O–H groups in total. The first-order valence-electron chi connectivity index (χ1n) is 8.85. The lowest BCUT2D eigenvalue weighted by molar-refractivity contribution is -0.148. The molecule has 146 valence electrons. The molecule has 0 aliphatic rings. The summed E-state index contributed by atoms with van der Waals surface area (Å²) in [5.41, 5.74) is 1.09. The highest BCUT2D eigenvalue weighted by atomic mass is 16.5. The van der Waals surface area contributed by atoms with Gasteiger partial charge in [-0.2, -0.15) is 0 Å². The molecule has 0 atom stereocenters. The smallest absolute Gasteiger partial charge is 0.372 e. The van der Waals surface area contributed by atoms with Crippen molar-refractivity contribution in [2.75, 3.05) is 0 Å². The van der Waals surface area contributed by atoms with Crippen LogP contribution in [0.3, 0.4) is 0 Å². The number of rotatable bonds is 9. The Hall–Kier alpha value is -3.93. The number of ketones is 2. The largest absolute Gasteiger partial charge is 0.489 e.